The van der Waals surface area contributed by atoms with E-state index in [1.165, 1.54) is 46.7 Å². The topological polar surface area (TPSA) is 29.9 Å². The maximum Gasteiger partial charge on any atom is 0.133 e. The average Bonchev–Trinajstić information content (AvgIpc) is 2.63. The molecule has 0 saturated heterocycles. The predicted molar refractivity (Wildman–Crippen MR) is 83.8 cm³/mol. The standard InChI is InChI=1S/C17H23N3/c1-4-15-14-9-5-6-11-18-17(14)20(19-15)16-10-7-8-12(2)13(16)3/h7-8,10,18H,4-6,9,11H2,1-3H3. The second kappa shape index (κ2) is 5.31. The van der Waals surface area contributed by atoms with Crippen LogP contribution in [0.4, 0.5) is 5.82 Å². The molecule has 20 heavy (non-hydrogen) atoms. The molecule has 1 aromatic heterocycles. The lowest BCUT2D eigenvalue weighted by molar-refractivity contribution is 0.764. The molecule has 0 amide bonds. The number of rotatable bonds is 2. The van der Waals surface area contributed by atoms with E-state index >= 15 is 0 Å². The van der Waals surface area contributed by atoms with Crippen molar-refractivity contribution in [2.75, 3.05) is 11.9 Å². The zero-order valence-corrected chi connectivity index (χ0v) is 12.7. The fourth-order valence-corrected chi connectivity index (χ4v) is 3.00. The Labute approximate surface area is 121 Å². The Morgan fingerprint density at radius 3 is 2.90 bits per heavy atom. The van der Waals surface area contributed by atoms with Gasteiger partial charge in [-0.15, -0.1) is 0 Å². The quantitative estimate of drug-likeness (QED) is 0.898. The molecule has 0 aliphatic carbocycles. The first-order chi connectivity index (χ1) is 9.72. The molecule has 0 spiro atoms. The Morgan fingerprint density at radius 1 is 1.25 bits per heavy atom. The smallest absolute Gasteiger partial charge is 0.133 e. The van der Waals surface area contributed by atoms with Gasteiger partial charge in [-0.2, -0.15) is 5.10 Å². The minimum absolute atomic E-state index is 1.00. The number of nitrogens with zero attached hydrogens (tertiary/aromatic N) is 2. The van der Waals surface area contributed by atoms with E-state index in [1.807, 2.05) is 0 Å². The number of hydrogen-bond acceptors (Lipinski definition) is 2. The summed E-state index contributed by atoms with van der Waals surface area (Å²) in [4.78, 5) is 0. The molecule has 1 aliphatic heterocycles. The van der Waals surface area contributed by atoms with Crippen molar-refractivity contribution in [3.8, 4) is 5.69 Å². The summed E-state index contributed by atoms with van der Waals surface area (Å²) in [5, 5.41) is 8.47. The number of fused-ring (bicyclic) bond motifs is 1. The van der Waals surface area contributed by atoms with Crippen LogP contribution in [0.2, 0.25) is 0 Å². The van der Waals surface area contributed by atoms with E-state index in [4.69, 9.17) is 5.10 Å². The highest BCUT2D eigenvalue weighted by atomic mass is 15.3. The second-order valence-electron chi connectivity index (χ2n) is 5.64. The fourth-order valence-electron chi connectivity index (χ4n) is 3.00. The molecule has 3 nitrogen and oxygen atoms in total. The van der Waals surface area contributed by atoms with Crippen LogP contribution < -0.4 is 5.32 Å². The molecular weight excluding hydrogens is 246 g/mol. The molecule has 0 fully saturated rings. The molecule has 106 valence electrons. The van der Waals surface area contributed by atoms with Crippen LogP contribution in [-0.4, -0.2) is 16.3 Å². The molecule has 2 heterocycles. The Balaban J connectivity index is 2.19. The summed E-state index contributed by atoms with van der Waals surface area (Å²) in [6.07, 6.45) is 4.65. The summed E-state index contributed by atoms with van der Waals surface area (Å²) in [6, 6.07) is 6.45. The van der Waals surface area contributed by atoms with E-state index in [2.05, 4.69) is 49.0 Å². The van der Waals surface area contributed by atoms with Crippen LogP contribution in [-0.2, 0) is 12.8 Å². The zero-order valence-electron chi connectivity index (χ0n) is 12.7. The third-order valence-electron chi connectivity index (χ3n) is 4.35. The Morgan fingerprint density at radius 2 is 2.10 bits per heavy atom. The molecule has 0 saturated carbocycles. The summed E-state index contributed by atoms with van der Waals surface area (Å²) in [6.45, 7) is 7.59. The van der Waals surface area contributed by atoms with Crippen molar-refractivity contribution in [2.45, 2.75) is 46.5 Å². The van der Waals surface area contributed by atoms with Crippen LogP contribution in [0.1, 0.15) is 42.1 Å². The SMILES string of the molecule is CCc1nn(-c2cccc(C)c2C)c2c1CCCCN2. The van der Waals surface area contributed by atoms with Gasteiger partial charge in [0.25, 0.3) is 0 Å². The van der Waals surface area contributed by atoms with Crippen molar-refractivity contribution in [1.82, 2.24) is 9.78 Å². The van der Waals surface area contributed by atoms with Crippen molar-refractivity contribution >= 4 is 5.82 Å². The average molecular weight is 269 g/mol. The first-order valence-electron chi connectivity index (χ1n) is 7.63. The number of aromatic nitrogens is 2. The highest BCUT2D eigenvalue weighted by Crippen LogP contribution is 2.30. The summed E-state index contributed by atoms with van der Waals surface area (Å²) in [5.74, 6) is 1.22. The van der Waals surface area contributed by atoms with Crippen LogP contribution in [0.25, 0.3) is 5.69 Å². The minimum atomic E-state index is 1.00. The molecule has 0 atom stereocenters. The van der Waals surface area contributed by atoms with Gasteiger partial charge in [0.1, 0.15) is 5.82 Å². The van der Waals surface area contributed by atoms with Gasteiger partial charge in [0, 0.05) is 12.1 Å². The molecule has 0 bridgehead atoms. The summed E-state index contributed by atoms with van der Waals surface area (Å²) < 4.78 is 2.13. The van der Waals surface area contributed by atoms with Gasteiger partial charge in [-0.25, -0.2) is 4.68 Å². The van der Waals surface area contributed by atoms with Gasteiger partial charge in [0.2, 0.25) is 0 Å². The fraction of sp³-hybridized carbons (Fsp3) is 0.471. The zero-order chi connectivity index (χ0) is 14.1. The van der Waals surface area contributed by atoms with Gasteiger partial charge in [0.15, 0.2) is 0 Å². The second-order valence-corrected chi connectivity index (χ2v) is 5.64. The van der Waals surface area contributed by atoms with Crippen molar-refractivity contribution in [2.24, 2.45) is 0 Å². The van der Waals surface area contributed by atoms with Crippen molar-refractivity contribution in [1.29, 1.82) is 0 Å². The van der Waals surface area contributed by atoms with Crippen LogP contribution in [0.5, 0.6) is 0 Å². The molecule has 3 heteroatoms. The first-order valence-corrected chi connectivity index (χ1v) is 7.63. The van der Waals surface area contributed by atoms with E-state index < -0.39 is 0 Å². The number of anilines is 1. The van der Waals surface area contributed by atoms with Gasteiger partial charge in [-0.1, -0.05) is 19.1 Å². The molecule has 1 N–H and O–H groups in total. The van der Waals surface area contributed by atoms with Gasteiger partial charge in [-0.05, 0) is 56.7 Å². The molecule has 1 aromatic carbocycles. The van der Waals surface area contributed by atoms with Crippen LogP contribution in [0, 0.1) is 13.8 Å². The summed E-state index contributed by atoms with van der Waals surface area (Å²) in [7, 11) is 0. The van der Waals surface area contributed by atoms with Crippen molar-refractivity contribution < 1.29 is 0 Å². The van der Waals surface area contributed by atoms with Gasteiger partial charge in [0.05, 0.1) is 11.4 Å². The van der Waals surface area contributed by atoms with Gasteiger partial charge >= 0.3 is 0 Å². The van der Waals surface area contributed by atoms with E-state index in [0.29, 0.717) is 0 Å². The molecule has 0 radical (unpaired) electrons. The van der Waals surface area contributed by atoms with Crippen LogP contribution in [0.15, 0.2) is 18.2 Å². The number of nitrogens with one attached hydrogen (secondary N) is 1. The maximum absolute atomic E-state index is 4.88. The Bertz CT molecular complexity index is 625. The number of benzene rings is 1. The van der Waals surface area contributed by atoms with E-state index in [1.54, 1.807) is 0 Å². The van der Waals surface area contributed by atoms with Crippen LogP contribution >= 0.6 is 0 Å². The minimum Gasteiger partial charge on any atom is -0.370 e. The number of hydrogen-bond donors (Lipinski definition) is 1. The highest BCUT2D eigenvalue weighted by molar-refractivity contribution is 5.57. The van der Waals surface area contributed by atoms with Gasteiger partial charge < -0.3 is 5.32 Å². The normalized spacial score (nSPS) is 14.6. The molecule has 1 aliphatic rings. The summed E-state index contributed by atoms with van der Waals surface area (Å²) >= 11 is 0. The van der Waals surface area contributed by atoms with Gasteiger partial charge in [-0.3, -0.25) is 0 Å². The largest absolute Gasteiger partial charge is 0.370 e. The van der Waals surface area contributed by atoms with Crippen molar-refractivity contribution in [3.05, 3.63) is 40.6 Å². The third-order valence-corrected chi connectivity index (χ3v) is 4.35. The van der Waals surface area contributed by atoms with Crippen LogP contribution in [0.3, 0.4) is 0 Å². The molecule has 0 unspecified atom stereocenters. The molecule has 2 aromatic rings. The van der Waals surface area contributed by atoms with E-state index in [9.17, 15) is 0 Å². The lowest BCUT2D eigenvalue weighted by atomic mass is 10.1. The first kappa shape index (κ1) is 13.2. The monoisotopic (exact) mass is 269 g/mol. The van der Waals surface area contributed by atoms with E-state index in [-0.39, 0.29) is 0 Å². The lowest BCUT2D eigenvalue weighted by Gasteiger charge is -2.13. The summed E-state index contributed by atoms with van der Waals surface area (Å²) in [5.41, 5.74) is 6.50. The third kappa shape index (κ3) is 2.11. The van der Waals surface area contributed by atoms with E-state index in [0.717, 1.165) is 19.4 Å². The Hall–Kier alpha value is -1.77. The predicted octanol–water partition coefficient (Wildman–Crippen LogP) is 3.80. The molecular formula is C17H23N3. The number of aryl methyl sites for hydroxylation is 2. The Kier molecular flexibility index (Phi) is 3.51. The maximum atomic E-state index is 4.88. The highest BCUT2D eigenvalue weighted by Gasteiger charge is 2.20. The van der Waals surface area contributed by atoms with Crippen molar-refractivity contribution in [3.63, 3.8) is 0 Å². The lowest BCUT2D eigenvalue weighted by Crippen LogP contribution is -2.08. The molecule has 3 rings (SSSR count).